The van der Waals surface area contributed by atoms with Crippen molar-refractivity contribution in [1.82, 2.24) is 4.98 Å². The third kappa shape index (κ3) is 1.88. The largest absolute Gasteiger partial charge is 0.305 e. The minimum atomic E-state index is -1.03. The lowest BCUT2D eigenvalue weighted by molar-refractivity contribution is 0.548. The zero-order valence-electron chi connectivity index (χ0n) is 8.30. The number of hydrogen-bond acceptors (Lipinski definition) is 3. The van der Waals surface area contributed by atoms with Crippen molar-refractivity contribution in [3.05, 3.63) is 66.0 Å². The van der Waals surface area contributed by atoms with Crippen molar-refractivity contribution >= 4 is 0 Å². The maximum absolute atomic E-state index is 6.07. The molecule has 0 atom stereocenters. The molecule has 0 aliphatic heterocycles. The van der Waals surface area contributed by atoms with Crippen LogP contribution in [0.15, 0.2) is 54.7 Å². The Labute approximate surface area is 88.8 Å². The first-order valence-electron chi connectivity index (χ1n) is 4.76. The Morgan fingerprint density at radius 3 is 2.13 bits per heavy atom. The van der Waals surface area contributed by atoms with E-state index in [0.717, 1.165) is 5.56 Å². The quantitative estimate of drug-likeness (QED) is 0.714. The van der Waals surface area contributed by atoms with Crippen LogP contribution in [0.5, 0.6) is 0 Å². The number of aromatic nitrogens is 1. The first-order chi connectivity index (χ1) is 7.21. The van der Waals surface area contributed by atoms with Gasteiger partial charge in [0.05, 0.1) is 5.69 Å². The SMILES string of the molecule is NC(N)(c1ccccc1)c1ccccn1. The summed E-state index contributed by atoms with van der Waals surface area (Å²) in [5, 5.41) is 0. The van der Waals surface area contributed by atoms with Gasteiger partial charge in [-0.2, -0.15) is 0 Å². The molecule has 3 nitrogen and oxygen atoms in total. The first-order valence-corrected chi connectivity index (χ1v) is 4.76. The van der Waals surface area contributed by atoms with Crippen molar-refractivity contribution in [2.24, 2.45) is 11.5 Å². The fourth-order valence-corrected chi connectivity index (χ4v) is 1.47. The van der Waals surface area contributed by atoms with E-state index >= 15 is 0 Å². The molecule has 0 spiro atoms. The zero-order valence-corrected chi connectivity index (χ0v) is 8.30. The molecule has 0 saturated heterocycles. The summed E-state index contributed by atoms with van der Waals surface area (Å²) in [6.07, 6.45) is 1.69. The maximum atomic E-state index is 6.07. The molecular formula is C12H13N3. The molecule has 0 fully saturated rings. The number of nitrogens with zero attached hydrogens (tertiary/aromatic N) is 1. The van der Waals surface area contributed by atoms with Gasteiger partial charge in [0, 0.05) is 6.20 Å². The lowest BCUT2D eigenvalue weighted by atomic mass is 9.97. The van der Waals surface area contributed by atoms with Gasteiger partial charge < -0.3 is 11.5 Å². The maximum Gasteiger partial charge on any atom is 0.134 e. The van der Waals surface area contributed by atoms with Crippen LogP contribution in [0.2, 0.25) is 0 Å². The van der Waals surface area contributed by atoms with Gasteiger partial charge in [0.2, 0.25) is 0 Å². The van der Waals surface area contributed by atoms with Crippen LogP contribution in [0.25, 0.3) is 0 Å². The molecule has 0 aliphatic rings. The molecule has 0 aliphatic carbocycles. The van der Waals surface area contributed by atoms with Crippen LogP contribution in [0, 0.1) is 0 Å². The molecular weight excluding hydrogens is 186 g/mol. The van der Waals surface area contributed by atoms with Crippen LogP contribution in [-0.2, 0) is 5.66 Å². The van der Waals surface area contributed by atoms with Gasteiger partial charge in [-0.15, -0.1) is 0 Å². The number of rotatable bonds is 2. The molecule has 15 heavy (non-hydrogen) atoms. The van der Waals surface area contributed by atoms with Gasteiger partial charge in [0.1, 0.15) is 5.66 Å². The Bertz CT molecular complexity index is 382. The topological polar surface area (TPSA) is 64.9 Å². The highest BCUT2D eigenvalue weighted by molar-refractivity contribution is 5.32. The Morgan fingerprint density at radius 1 is 0.867 bits per heavy atom. The van der Waals surface area contributed by atoms with E-state index in [1.807, 2.05) is 48.5 Å². The third-order valence-corrected chi connectivity index (χ3v) is 2.34. The van der Waals surface area contributed by atoms with E-state index in [2.05, 4.69) is 4.98 Å². The van der Waals surface area contributed by atoms with Crippen LogP contribution in [0.3, 0.4) is 0 Å². The molecule has 2 aromatic rings. The molecule has 2 rings (SSSR count). The molecule has 0 radical (unpaired) electrons. The van der Waals surface area contributed by atoms with E-state index in [9.17, 15) is 0 Å². The number of pyridine rings is 1. The van der Waals surface area contributed by atoms with Gasteiger partial charge in [-0.25, -0.2) is 0 Å². The highest BCUT2D eigenvalue weighted by Crippen LogP contribution is 2.18. The summed E-state index contributed by atoms with van der Waals surface area (Å²) in [7, 11) is 0. The second-order valence-electron chi connectivity index (χ2n) is 3.45. The van der Waals surface area contributed by atoms with Crippen LogP contribution >= 0.6 is 0 Å². The van der Waals surface area contributed by atoms with Gasteiger partial charge in [-0.3, -0.25) is 4.98 Å². The van der Waals surface area contributed by atoms with Crippen molar-refractivity contribution in [2.75, 3.05) is 0 Å². The molecule has 4 N–H and O–H groups in total. The molecule has 0 unspecified atom stereocenters. The van der Waals surface area contributed by atoms with Crippen LogP contribution in [0.1, 0.15) is 11.3 Å². The third-order valence-electron chi connectivity index (χ3n) is 2.34. The number of hydrogen-bond donors (Lipinski definition) is 2. The average Bonchev–Trinajstić information content (AvgIpc) is 2.31. The standard InChI is InChI=1S/C12H13N3/c13-12(14,10-6-2-1-3-7-10)11-8-4-5-9-15-11/h1-9H,13-14H2. The highest BCUT2D eigenvalue weighted by Gasteiger charge is 2.24. The number of nitrogens with two attached hydrogens (primary N) is 2. The van der Waals surface area contributed by atoms with Crippen LogP contribution < -0.4 is 11.5 Å². The minimum Gasteiger partial charge on any atom is -0.305 e. The minimum absolute atomic E-state index is 0.663. The van der Waals surface area contributed by atoms with Gasteiger partial charge in [-0.1, -0.05) is 36.4 Å². The Hall–Kier alpha value is -1.71. The predicted molar refractivity (Wildman–Crippen MR) is 59.8 cm³/mol. The summed E-state index contributed by atoms with van der Waals surface area (Å²) in [4.78, 5) is 4.18. The fraction of sp³-hybridized carbons (Fsp3) is 0.0833. The van der Waals surface area contributed by atoms with Crippen molar-refractivity contribution < 1.29 is 0 Å². The van der Waals surface area contributed by atoms with Gasteiger partial charge in [0.15, 0.2) is 0 Å². The van der Waals surface area contributed by atoms with Crippen molar-refractivity contribution in [1.29, 1.82) is 0 Å². The summed E-state index contributed by atoms with van der Waals surface area (Å²) < 4.78 is 0. The molecule has 0 amide bonds. The molecule has 76 valence electrons. The lowest BCUT2D eigenvalue weighted by Crippen LogP contribution is -2.47. The monoisotopic (exact) mass is 199 g/mol. The molecule has 1 aromatic heterocycles. The fourth-order valence-electron chi connectivity index (χ4n) is 1.47. The molecule has 1 aromatic carbocycles. The van der Waals surface area contributed by atoms with Crippen molar-refractivity contribution in [2.45, 2.75) is 5.66 Å². The van der Waals surface area contributed by atoms with Crippen LogP contribution in [0.4, 0.5) is 0 Å². The van der Waals surface area contributed by atoms with Gasteiger partial charge >= 0.3 is 0 Å². The molecule has 3 heteroatoms. The molecule has 0 bridgehead atoms. The van der Waals surface area contributed by atoms with E-state index < -0.39 is 5.66 Å². The van der Waals surface area contributed by atoms with Gasteiger partial charge in [0.25, 0.3) is 0 Å². The lowest BCUT2D eigenvalue weighted by Gasteiger charge is -2.24. The molecule has 0 saturated carbocycles. The number of benzene rings is 1. The van der Waals surface area contributed by atoms with E-state index in [-0.39, 0.29) is 0 Å². The summed E-state index contributed by atoms with van der Waals surface area (Å²) >= 11 is 0. The normalized spacial score (nSPS) is 11.3. The summed E-state index contributed by atoms with van der Waals surface area (Å²) in [5.74, 6) is 0. The summed E-state index contributed by atoms with van der Waals surface area (Å²) in [6.45, 7) is 0. The van der Waals surface area contributed by atoms with Crippen LogP contribution in [-0.4, -0.2) is 4.98 Å². The second-order valence-corrected chi connectivity index (χ2v) is 3.45. The second kappa shape index (κ2) is 3.81. The van der Waals surface area contributed by atoms with Crippen molar-refractivity contribution in [3.8, 4) is 0 Å². The highest BCUT2D eigenvalue weighted by atomic mass is 15.0. The molecule has 1 heterocycles. The summed E-state index contributed by atoms with van der Waals surface area (Å²) in [5.41, 5.74) is 12.6. The van der Waals surface area contributed by atoms with E-state index in [4.69, 9.17) is 11.5 Å². The summed E-state index contributed by atoms with van der Waals surface area (Å²) in [6, 6.07) is 15.1. The first kappa shape index (κ1) is 9.83. The smallest absolute Gasteiger partial charge is 0.134 e. The van der Waals surface area contributed by atoms with E-state index in [1.54, 1.807) is 6.20 Å². The zero-order chi connectivity index (χ0) is 10.7. The van der Waals surface area contributed by atoms with Crippen molar-refractivity contribution in [3.63, 3.8) is 0 Å². The van der Waals surface area contributed by atoms with E-state index in [1.165, 1.54) is 0 Å². The Balaban J connectivity index is 2.44. The van der Waals surface area contributed by atoms with E-state index in [0.29, 0.717) is 5.69 Å². The average molecular weight is 199 g/mol. The Morgan fingerprint density at radius 2 is 1.53 bits per heavy atom. The Kier molecular flexibility index (Phi) is 2.49. The van der Waals surface area contributed by atoms with Gasteiger partial charge in [-0.05, 0) is 17.7 Å². The predicted octanol–water partition coefficient (Wildman–Crippen LogP) is 1.20.